The number of amides is 1. The van der Waals surface area contributed by atoms with E-state index in [9.17, 15) is 4.79 Å². The molecule has 0 N–H and O–H groups in total. The second-order valence-electron chi connectivity index (χ2n) is 8.33. The summed E-state index contributed by atoms with van der Waals surface area (Å²) in [5.74, 6) is 1.84. The van der Waals surface area contributed by atoms with E-state index in [1.807, 2.05) is 4.90 Å². The van der Waals surface area contributed by atoms with Gasteiger partial charge >= 0.3 is 0 Å². The van der Waals surface area contributed by atoms with Crippen LogP contribution < -0.4 is 0 Å². The van der Waals surface area contributed by atoms with Crippen molar-refractivity contribution in [2.24, 2.45) is 7.05 Å². The minimum absolute atomic E-state index is 0.263. The summed E-state index contributed by atoms with van der Waals surface area (Å²) in [7, 11) is 2.12. The Morgan fingerprint density at radius 1 is 1.18 bits per heavy atom. The van der Waals surface area contributed by atoms with Gasteiger partial charge in [0.25, 0.3) is 0 Å². The molecule has 28 heavy (non-hydrogen) atoms. The molecular weight excluding hydrogens is 370 g/mol. The lowest BCUT2D eigenvalue weighted by molar-refractivity contribution is -0.134. The van der Waals surface area contributed by atoms with Crippen molar-refractivity contribution < 1.29 is 4.79 Å². The highest BCUT2D eigenvalue weighted by molar-refractivity contribution is 7.07. The molecule has 1 saturated heterocycles. The molecule has 1 fully saturated rings. The SMILES string of the molecule is CC(C)c1nc2c(n1C)CCN(CC(=O)N1CCN(Cc3ccsc3)CC1)C2. The lowest BCUT2D eigenvalue weighted by Crippen LogP contribution is -2.51. The maximum atomic E-state index is 12.8. The Hall–Kier alpha value is -1.70. The first-order valence-corrected chi connectivity index (χ1v) is 11.2. The van der Waals surface area contributed by atoms with Crippen LogP contribution in [0, 0.1) is 0 Å². The summed E-state index contributed by atoms with van der Waals surface area (Å²) in [6, 6.07) is 2.19. The van der Waals surface area contributed by atoms with Crippen molar-refractivity contribution in [1.29, 1.82) is 0 Å². The van der Waals surface area contributed by atoms with E-state index < -0.39 is 0 Å². The van der Waals surface area contributed by atoms with Crippen LogP contribution in [0.1, 0.15) is 42.5 Å². The summed E-state index contributed by atoms with van der Waals surface area (Å²) in [5.41, 5.74) is 3.88. The van der Waals surface area contributed by atoms with E-state index in [-0.39, 0.29) is 5.91 Å². The van der Waals surface area contributed by atoms with E-state index in [4.69, 9.17) is 4.98 Å². The molecule has 0 saturated carbocycles. The van der Waals surface area contributed by atoms with Gasteiger partial charge in [-0.15, -0.1) is 0 Å². The van der Waals surface area contributed by atoms with Crippen LogP contribution in [0.4, 0.5) is 0 Å². The Morgan fingerprint density at radius 2 is 1.96 bits per heavy atom. The number of piperazine rings is 1. The minimum atomic E-state index is 0.263. The molecule has 0 unspecified atom stereocenters. The number of carbonyl (C=O) groups is 1. The lowest BCUT2D eigenvalue weighted by Gasteiger charge is -2.36. The predicted molar refractivity (Wildman–Crippen MR) is 112 cm³/mol. The van der Waals surface area contributed by atoms with E-state index in [0.29, 0.717) is 12.5 Å². The van der Waals surface area contributed by atoms with Gasteiger partial charge in [0.2, 0.25) is 5.91 Å². The summed E-state index contributed by atoms with van der Waals surface area (Å²) in [6.45, 7) is 11.2. The Balaban J connectivity index is 1.28. The zero-order chi connectivity index (χ0) is 19.7. The second kappa shape index (κ2) is 8.35. The molecule has 7 heteroatoms. The molecule has 0 radical (unpaired) electrons. The van der Waals surface area contributed by atoms with E-state index in [0.717, 1.165) is 63.8 Å². The number of hydrogen-bond donors (Lipinski definition) is 0. The molecule has 4 heterocycles. The molecule has 0 spiro atoms. The van der Waals surface area contributed by atoms with Gasteiger partial charge in [-0.25, -0.2) is 4.98 Å². The monoisotopic (exact) mass is 401 g/mol. The van der Waals surface area contributed by atoms with Crippen LogP contribution in [0.2, 0.25) is 0 Å². The maximum absolute atomic E-state index is 12.8. The van der Waals surface area contributed by atoms with Gasteiger partial charge in [0.15, 0.2) is 0 Å². The highest BCUT2D eigenvalue weighted by Gasteiger charge is 2.27. The van der Waals surface area contributed by atoms with Gasteiger partial charge in [0, 0.05) is 70.9 Å². The first-order chi connectivity index (χ1) is 13.5. The van der Waals surface area contributed by atoms with Gasteiger partial charge in [0.05, 0.1) is 12.2 Å². The molecule has 0 atom stereocenters. The number of rotatable bonds is 5. The van der Waals surface area contributed by atoms with Crippen molar-refractivity contribution in [2.75, 3.05) is 39.3 Å². The molecule has 0 aliphatic carbocycles. The van der Waals surface area contributed by atoms with Gasteiger partial charge < -0.3 is 9.47 Å². The fraction of sp³-hybridized carbons (Fsp3) is 0.619. The highest BCUT2D eigenvalue weighted by Crippen LogP contribution is 2.23. The number of fused-ring (bicyclic) bond motifs is 1. The molecule has 0 bridgehead atoms. The third-order valence-electron chi connectivity index (χ3n) is 5.96. The first-order valence-electron chi connectivity index (χ1n) is 10.3. The fourth-order valence-corrected chi connectivity index (χ4v) is 5.00. The number of carbonyl (C=O) groups excluding carboxylic acids is 1. The molecule has 6 nitrogen and oxygen atoms in total. The second-order valence-corrected chi connectivity index (χ2v) is 9.11. The molecule has 2 aromatic heterocycles. The van der Waals surface area contributed by atoms with Crippen LogP contribution in [0.5, 0.6) is 0 Å². The maximum Gasteiger partial charge on any atom is 0.236 e. The number of hydrogen-bond acceptors (Lipinski definition) is 5. The Kier molecular flexibility index (Phi) is 5.85. The predicted octanol–water partition coefficient (Wildman–Crippen LogP) is 2.31. The highest BCUT2D eigenvalue weighted by atomic mass is 32.1. The normalized spacial score (nSPS) is 18.6. The molecular formula is C21H31N5OS. The molecule has 2 aliphatic rings. The standard InChI is InChI=1S/C21H31N5OS/c1-16(2)21-22-18-13-25(6-4-19(18)23(21)3)14-20(27)26-9-7-24(8-10-26)12-17-5-11-28-15-17/h5,11,15-16H,4,6-10,12-14H2,1-3H3. The average molecular weight is 402 g/mol. The van der Waals surface area contributed by atoms with Gasteiger partial charge in [-0.1, -0.05) is 13.8 Å². The number of thiophene rings is 1. The third-order valence-corrected chi connectivity index (χ3v) is 6.69. The topological polar surface area (TPSA) is 44.6 Å². The molecule has 0 aromatic carbocycles. The van der Waals surface area contributed by atoms with Gasteiger partial charge in [-0.3, -0.25) is 14.6 Å². The van der Waals surface area contributed by atoms with Crippen LogP contribution in [-0.2, 0) is 31.4 Å². The number of imidazole rings is 1. The number of aromatic nitrogens is 2. The zero-order valence-electron chi connectivity index (χ0n) is 17.2. The lowest BCUT2D eigenvalue weighted by atomic mass is 10.1. The largest absolute Gasteiger partial charge is 0.339 e. The summed E-state index contributed by atoms with van der Waals surface area (Å²) >= 11 is 1.75. The molecule has 4 rings (SSSR count). The van der Waals surface area contributed by atoms with Crippen LogP contribution >= 0.6 is 11.3 Å². The summed E-state index contributed by atoms with van der Waals surface area (Å²) in [6.07, 6.45) is 0.979. The van der Waals surface area contributed by atoms with Gasteiger partial charge in [0.1, 0.15) is 5.82 Å². The fourth-order valence-electron chi connectivity index (χ4n) is 4.34. The van der Waals surface area contributed by atoms with Crippen LogP contribution in [0.3, 0.4) is 0 Å². The zero-order valence-corrected chi connectivity index (χ0v) is 18.0. The van der Waals surface area contributed by atoms with E-state index in [1.165, 1.54) is 11.3 Å². The van der Waals surface area contributed by atoms with Gasteiger partial charge in [-0.2, -0.15) is 11.3 Å². The van der Waals surface area contributed by atoms with Gasteiger partial charge in [-0.05, 0) is 22.4 Å². The van der Waals surface area contributed by atoms with Crippen LogP contribution in [0.25, 0.3) is 0 Å². The Bertz CT molecular complexity index is 805. The van der Waals surface area contributed by atoms with Crippen molar-refractivity contribution >= 4 is 17.2 Å². The van der Waals surface area contributed by atoms with Crippen molar-refractivity contribution in [1.82, 2.24) is 24.3 Å². The Morgan fingerprint density at radius 3 is 2.64 bits per heavy atom. The average Bonchev–Trinajstić information content (AvgIpc) is 3.30. The van der Waals surface area contributed by atoms with E-state index >= 15 is 0 Å². The van der Waals surface area contributed by atoms with Crippen LogP contribution in [-0.4, -0.2) is 69.4 Å². The summed E-state index contributed by atoms with van der Waals surface area (Å²) < 4.78 is 2.26. The first kappa shape index (κ1) is 19.6. The number of nitrogens with zero attached hydrogens (tertiary/aromatic N) is 5. The minimum Gasteiger partial charge on any atom is -0.339 e. The molecule has 1 amide bonds. The molecule has 152 valence electrons. The van der Waals surface area contributed by atoms with Crippen molar-refractivity contribution in [3.8, 4) is 0 Å². The summed E-state index contributed by atoms with van der Waals surface area (Å²) in [5, 5.41) is 4.34. The molecule has 2 aromatic rings. The van der Waals surface area contributed by atoms with E-state index in [2.05, 4.69) is 52.1 Å². The van der Waals surface area contributed by atoms with Crippen molar-refractivity contribution in [2.45, 2.75) is 39.3 Å². The van der Waals surface area contributed by atoms with Crippen molar-refractivity contribution in [3.05, 3.63) is 39.6 Å². The quantitative estimate of drug-likeness (QED) is 0.771. The smallest absolute Gasteiger partial charge is 0.236 e. The van der Waals surface area contributed by atoms with Crippen molar-refractivity contribution in [3.63, 3.8) is 0 Å². The van der Waals surface area contributed by atoms with Crippen LogP contribution in [0.15, 0.2) is 16.8 Å². The Labute approximate surface area is 171 Å². The van der Waals surface area contributed by atoms with E-state index in [1.54, 1.807) is 11.3 Å². The summed E-state index contributed by atoms with van der Waals surface area (Å²) in [4.78, 5) is 24.4. The third kappa shape index (κ3) is 4.16. The molecule has 2 aliphatic heterocycles.